The van der Waals surface area contributed by atoms with Crippen LogP contribution in [0.15, 0.2) is 24.3 Å². The van der Waals surface area contributed by atoms with Gasteiger partial charge in [-0.05, 0) is 19.2 Å². The molecule has 2 nitrogen and oxygen atoms in total. The molecule has 5 heteroatoms. The molecule has 0 aliphatic carbocycles. The molecule has 0 aliphatic heterocycles. The lowest BCUT2D eigenvalue weighted by Gasteiger charge is -2.06. The van der Waals surface area contributed by atoms with Gasteiger partial charge in [0.1, 0.15) is 0 Å². The number of alkyl halides is 3. The molecule has 0 saturated heterocycles. The van der Waals surface area contributed by atoms with Gasteiger partial charge in [-0.3, -0.25) is 4.79 Å². The zero-order chi connectivity index (χ0) is 11.5. The second-order valence-electron chi connectivity index (χ2n) is 3.03. The number of hydrogen-bond acceptors (Lipinski definition) is 2. The van der Waals surface area contributed by atoms with Crippen LogP contribution in [0.2, 0.25) is 0 Å². The second-order valence-corrected chi connectivity index (χ2v) is 3.03. The van der Waals surface area contributed by atoms with Crippen LogP contribution in [0.3, 0.4) is 0 Å². The Balaban J connectivity index is 2.86. The summed E-state index contributed by atoms with van der Waals surface area (Å²) in [5.41, 5.74) is -0.471. The zero-order valence-corrected chi connectivity index (χ0v) is 8.06. The van der Waals surface area contributed by atoms with Crippen molar-refractivity contribution in [1.29, 1.82) is 0 Å². The van der Waals surface area contributed by atoms with Gasteiger partial charge in [-0.1, -0.05) is 12.1 Å². The first kappa shape index (κ1) is 11.7. The fourth-order valence-corrected chi connectivity index (χ4v) is 1.11. The van der Waals surface area contributed by atoms with Gasteiger partial charge in [-0.2, -0.15) is 13.2 Å². The van der Waals surface area contributed by atoms with Crippen LogP contribution >= 0.6 is 0 Å². The highest BCUT2D eigenvalue weighted by Crippen LogP contribution is 2.29. The summed E-state index contributed by atoms with van der Waals surface area (Å²) in [6, 6.07) is 4.18. The van der Waals surface area contributed by atoms with E-state index < -0.39 is 11.7 Å². The largest absolute Gasteiger partial charge is 0.416 e. The number of hydrogen-bond donors (Lipinski definition) is 1. The van der Waals surface area contributed by atoms with Crippen LogP contribution < -0.4 is 5.32 Å². The number of Topliss-reactive ketones (excluding diaryl/α,β-unsaturated/α-hetero) is 1. The first-order valence-electron chi connectivity index (χ1n) is 4.30. The van der Waals surface area contributed by atoms with Gasteiger partial charge in [-0.15, -0.1) is 0 Å². The molecule has 0 heterocycles. The van der Waals surface area contributed by atoms with E-state index in [9.17, 15) is 18.0 Å². The summed E-state index contributed by atoms with van der Waals surface area (Å²) < 4.78 is 36.5. The summed E-state index contributed by atoms with van der Waals surface area (Å²) in [6.45, 7) is 0.116. The van der Waals surface area contributed by atoms with Crippen molar-refractivity contribution in [2.75, 3.05) is 13.6 Å². The topological polar surface area (TPSA) is 29.1 Å². The van der Waals surface area contributed by atoms with Gasteiger partial charge >= 0.3 is 6.18 Å². The minimum absolute atomic E-state index is 0.116. The number of carbonyl (C=O) groups is 1. The summed E-state index contributed by atoms with van der Waals surface area (Å²) in [6.07, 6.45) is -4.36. The van der Waals surface area contributed by atoms with Gasteiger partial charge in [0, 0.05) is 5.56 Å². The molecule has 0 bridgehead atoms. The Morgan fingerprint density at radius 2 is 1.80 bits per heavy atom. The highest BCUT2D eigenvalue weighted by atomic mass is 19.4. The van der Waals surface area contributed by atoms with E-state index >= 15 is 0 Å². The van der Waals surface area contributed by atoms with Crippen LogP contribution in [-0.4, -0.2) is 19.4 Å². The third-order valence-electron chi connectivity index (χ3n) is 1.87. The maximum atomic E-state index is 12.2. The maximum Gasteiger partial charge on any atom is 0.416 e. The quantitative estimate of drug-likeness (QED) is 0.785. The van der Waals surface area contributed by atoms with Crippen LogP contribution in [0.5, 0.6) is 0 Å². The van der Waals surface area contributed by atoms with Gasteiger partial charge in [-0.25, -0.2) is 0 Å². The Bertz CT molecular complexity index is 343. The van der Waals surface area contributed by atoms with Crippen LogP contribution in [0.4, 0.5) is 13.2 Å². The van der Waals surface area contributed by atoms with Crippen molar-refractivity contribution in [1.82, 2.24) is 5.32 Å². The molecule has 0 amide bonds. The molecular formula is C10H10F3NO. The first-order chi connectivity index (χ1) is 6.95. The summed E-state index contributed by atoms with van der Waals surface area (Å²) in [5.74, 6) is -0.230. The molecule has 1 aromatic rings. The fraction of sp³-hybridized carbons (Fsp3) is 0.300. The van der Waals surface area contributed by atoms with E-state index in [0.29, 0.717) is 0 Å². The Morgan fingerprint density at radius 3 is 2.20 bits per heavy atom. The minimum atomic E-state index is -4.36. The zero-order valence-electron chi connectivity index (χ0n) is 8.06. The minimum Gasteiger partial charge on any atom is -0.313 e. The molecule has 82 valence electrons. The van der Waals surface area contributed by atoms with Crippen molar-refractivity contribution in [3.05, 3.63) is 35.4 Å². The summed E-state index contributed by atoms with van der Waals surface area (Å²) >= 11 is 0. The lowest BCUT2D eigenvalue weighted by atomic mass is 10.1. The van der Waals surface area contributed by atoms with E-state index in [0.717, 1.165) is 12.1 Å². The molecule has 0 aromatic heterocycles. The van der Waals surface area contributed by atoms with Gasteiger partial charge in [0.15, 0.2) is 5.78 Å². The average Bonchev–Trinajstić information content (AvgIpc) is 2.17. The van der Waals surface area contributed by atoms with Crippen molar-refractivity contribution in [3.63, 3.8) is 0 Å². The van der Waals surface area contributed by atoms with E-state index in [2.05, 4.69) is 5.32 Å². The predicted octanol–water partition coefficient (Wildman–Crippen LogP) is 2.11. The van der Waals surface area contributed by atoms with Crippen molar-refractivity contribution in [2.24, 2.45) is 0 Å². The lowest BCUT2D eigenvalue weighted by molar-refractivity contribution is -0.137. The normalized spacial score (nSPS) is 11.5. The van der Waals surface area contributed by atoms with Crippen molar-refractivity contribution >= 4 is 5.78 Å². The van der Waals surface area contributed by atoms with Crippen molar-refractivity contribution < 1.29 is 18.0 Å². The first-order valence-corrected chi connectivity index (χ1v) is 4.30. The Labute approximate surface area is 85.1 Å². The monoisotopic (exact) mass is 217 g/mol. The number of likely N-dealkylation sites (N-methyl/N-ethyl adjacent to an activating group) is 1. The standard InChI is InChI=1S/C10H10F3NO/c1-14-6-9(15)7-2-4-8(5-3-7)10(11,12)13/h2-5,14H,6H2,1H3. The Morgan fingerprint density at radius 1 is 1.27 bits per heavy atom. The van der Waals surface area contributed by atoms with E-state index in [1.54, 1.807) is 7.05 Å². The number of halogens is 3. The Kier molecular flexibility index (Phi) is 3.47. The molecule has 1 rings (SSSR count). The molecule has 0 saturated carbocycles. The fourth-order valence-electron chi connectivity index (χ4n) is 1.11. The van der Waals surface area contributed by atoms with Gasteiger partial charge < -0.3 is 5.32 Å². The molecule has 1 aromatic carbocycles. The molecule has 0 unspecified atom stereocenters. The highest BCUT2D eigenvalue weighted by molar-refractivity contribution is 5.97. The third kappa shape index (κ3) is 3.06. The van der Waals surface area contributed by atoms with Crippen LogP contribution in [0, 0.1) is 0 Å². The van der Waals surface area contributed by atoms with Crippen LogP contribution in [0.25, 0.3) is 0 Å². The molecule has 1 N–H and O–H groups in total. The third-order valence-corrected chi connectivity index (χ3v) is 1.87. The van der Waals surface area contributed by atoms with Crippen LogP contribution in [-0.2, 0) is 6.18 Å². The summed E-state index contributed by atoms with van der Waals surface area (Å²) in [7, 11) is 1.60. The molecule has 0 spiro atoms. The van der Waals surface area contributed by atoms with Gasteiger partial charge in [0.2, 0.25) is 0 Å². The smallest absolute Gasteiger partial charge is 0.313 e. The van der Waals surface area contributed by atoms with E-state index in [1.807, 2.05) is 0 Å². The Hall–Kier alpha value is -1.36. The lowest BCUT2D eigenvalue weighted by Crippen LogP contribution is -2.18. The highest BCUT2D eigenvalue weighted by Gasteiger charge is 2.30. The second kappa shape index (κ2) is 4.44. The van der Waals surface area contributed by atoms with Crippen LogP contribution in [0.1, 0.15) is 15.9 Å². The molecule has 15 heavy (non-hydrogen) atoms. The van der Waals surface area contributed by atoms with E-state index in [4.69, 9.17) is 0 Å². The van der Waals surface area contributed by atoms with Gasteiger partial charge in [0.05, 0.1) is 12.1 Å². The molecular weight excluding hydrogens is 207 g/mol. The van der Waals surface area contributed by atoms with Crippen molar-refractivity contribution in [3.8, 4) is 0 Å². The maximum absolute atomic E-state index is 12.2. The van der Waals surface area contributed by atoms with Gasteiger partial charge in [0.25, 0.3) is 0 Å². The number of rotatable bonds is 3. The average molecular weight is 217 g/mol. The number of ketones is 1. The van der Waals surface area contributed by atoms with E-state index in [-0.39, 0.29) is 17.9 Å². The number of carbonyl (C=O) groups excluding carboxylic acids is 1. The summed E-state index contributed by atoms with van der Waals surface area (Å²) in [4.78, 5) is 11.3. The number of nitrogens with one attached hydrogen (secondary N) is 1. The summed E-state index contributed by atoms with van der Waals surface area (Å²) in [5, 5.41) is 2.64. The predicted molar refractivity (Wildman–Crippen MR) is 49.7 cm³/mol. The number of benzene rings is 1. The molecule has 0 atom stereocenters. The van der Waals surface area contributed by atoms with Crippen molar-refractivity contribution in [2.45, 2.75) is 6.18 Å². The molecule has 0 fully saturated rings. The molecule has 0 aliphatic rings. The van der Waals surface area contributed by atoms with E-state index in [1.165, 1.54) is 12.1 Å². The molecule has 0 radical (unpaired) electrons. The SMILES string of the molecule is CNCC(=O)c1ccc(C(F)(F)F)cc1.